The Morgan fingerprint density at radius 2 is 2.27 bits per heavy atom. The number of ether oxygens (including phenoxy) is 3. The van der Waals surface area contributed by atoms with Crippen LogP contribution in [0.3, 0.4) is 0 Å². The highest BCUT2D eigenvalue weighted by Crippen LogP contribution is 2.08. The summed E-state index contributed by atoms with van der Waals surface area (Å²) in [4.78, 5) is 10.8. The van der Waals surface area contributed by atoms with Crippen molar-refractivity contribution in [3.63, 3.8) is 0 Å². The molecule has 0 aliphatic carbocycles. The lowest BCUT2D eigenvalue weighted by molar-refractivity contribution is -0.178. The van der Waals surface area contributed by atoms with Gasteiger partial charge in [-0.2, -0.15) is 0 Å². The lowest BCUT2D eigenvalue weighted by atomic mass is 10.3. The van der Waals surface area contributed by atoms with Crippen molar-refractivity contribution in [3.05, 3.63) is 0 Å². The Bertz CT molecular complexity index is 141. The van der Waals surface area contributed by atoms with Crippen LogP contribution in [0.1, 0.15) is 6.92 Å². The Morgan fingerprint density at radius 3 is 2.64 bits per heavy atom. The van der Waals surface area contributed by atoms with Gasteiger partial charge in [0.05, 0.1) is 20.3 Å². The molecule has 1 rings (SSSR count). The molecule has 1 fully saturated rings. The summed E-state index contributed by atoms with van der Waals surface area (Å²) in [5, 5.41) is 0. The van der Waals surface area contributed by atoms with E-state index in [4.69, 9.17) is 9.47 Å². The summed E-state index contributed by atoms with van der Waals surface area (Å²) >= 11 is 0. The third-order valence-electron chi connectivity index (χ3n) is 1.54. The Hall–Kier alpha value is -0.610. The first-order chi connectivity index (χ1) is 5.24. The maximum absolute atomic E-state index is 10.8. The molecule has 4 nitrogen and oxygen atoms in total. The zero-order valence-corrected chi connectivity index (χ0v) is 6.70. The van der Waals surface area contributed by atoms with E-state index in [0.29, 0.717) is 13.2 Å². The molecule has 1 heterocycles. The van der Waals surface area contributed by atoms with Crippen LogP contribution >= 0.6 is 0 Å². The summed E-state index contributed by atoms with van der Waals surface area (Å²) < 4.78 is 14.6. The maximum atomic E-state index is 10.8. The summed E-state index contributed by atoms with van der Waals surface area (Å²) in [5.74, 6) is -0.336. The van der Waals surface area contributed by atoms with Gasteiger partial charge in [0, 0.05) is 0 Å². The van der Waals surface area contributed by atoms with Crippen LogP contribution in [0.25, 0.3) is 0 Å². The van der Waals surface area contributed by atoms with Gasteiger partial charge in [0.25, 0.3) is 0 Å². The van der Waals surface area contributed by atoms with Gasteiger partial charge in [-0.15, -0.1) is 0 Å². The number of carbonyl (C=O) groups is 1. The fraction of sp³-hybridized carbons (Fsp3) is 0.857. The van der Waals surface area contributed by atoms with E-state index >= 15 is 0 Å². The lowest BCUT2D eigenvalue weighted by Gasteiger charge is -2.27. The molecule has 0 saturated carbocycles. The first kappa shape index (κ1) is 8.49. The van der Waals surface area contributed by atoms with E-state index < -0.39 is 6.10 Å². The smallest absolute Gasteiger partial charge is 0.334 e. The van der Waals surface area contributed by atoms with Gasteiger partial charge in [0.15, 0.2) is 6.10 Å². The van der Waals surface area contributed by atoms with E-state index in [9.17, 15) is 4.79 Å². The number of hydrogen-bond donors (Lipinski definition) is 0. The van der Waals surface area contributed by atoms with Crippen LogP contribution in [0.2, 0.25) is 0 Å². The van der Waals surface area contributed by atoms with Gasteiger partial charge < -0.3 is 14.2 Å². The van der Waals surface area contributed by atoms with Gasteiger partial charge in [0.1, 0.15) is 6.10 Å². The first-order valence-electron chi connectivity index (χ1n) is 3.55. The van der Waals surface area contributed by atoms with Crippen molar-refractivity contribution in [3.8, 4) is 0 Å². The van der Waals surface area contributed by atoms with Crippen molar-refractivity contribution in [1.82, 2.24) is 0 Å². The normalized spacial score (nSPS) is 20.5. The number of methoxy groups -OCH3 is 1. The summed E-state index contributed by atoms with van der Waals surface area (Å²) in [6.07, 6.45) is -0.405. The number of hydrogen-bond acceptors (Lipinski definition) is 4. The van der Waals surface area contributed by atoms with Crippen LogP contribution < -0.4 is 0 Å². The molecule has 1 aliphatic heterocycles. The van der Waals surface area contributed by atoms with Crippen molar-refractivity contribution in [1.29, 1.82) is 0 Å². The monoisotopic (exact) mass is 160 g/mol. The van der Waals surface area contributed by atoms with Crippen LogP contribution in [0.4, 0.5) is 0 Å². The third-order valence-corrected chi connectivity index (χ3v) is 1.54. The van der Waals surface area contributed by atoms with E-state index in [0.717, 1.165) is 0 Å². The molecular formula is C7H12O4. The van der Waals surface area contributed by atoms with Crippen LogP contribution in [0.15, 0.2) is 0 Å². The largest absolute Gasteiger partial charge is 0.467 e. The zero-order valence-electron chi connectivity index (χ0n) is 6.70. The van der Waals surface area contributed by atoms with E-state index in [2.05, 4.69) is 4.74 Å². The third kappa shape index (κ3) is 2.17. The van der Waals surface area contributed by atoms with Crippen LogP contribution in [0.5, 0.6) is 0 Å². The molecule has 0 bridgehead atoms. The van der Waals surface area contributed by atoms with Crippen LogP contribution in [0, 0.1) is 0 Å². The van der Waals surface area contributed by atoms with Crippen molar-refractivity contribution in [2.24, 2.45) is 0 Å². The minimum atomic E-state index is -0.478. The molecule has 0 aromatic heterocycles. The van der Waals surface area contributed by atoms with E-state index in [1.54, 1.807) is 6.92 Å². The second kappa shape index (κ2) is 3.69. The molecule has 11 heavy (non-hydrogen) atoms. The molecule has 0 aromatic rings. The molecule has 4 heteroatoms. The topological polar surface area (TPSA) is 44.8 Å². The highest BCUT2D eigenvalue weighted by Gasteiger charge is 2.24. The number of rotatable bonds is 3. The Kier molecular flexibility index (Phi) is 2.84. The Balaban J connectivity index is 2.18. The van der Waals surface area contributed by atoms with Gasteiger partial charge in [-0.1, -0.05) is 0 Å². The standard InChI is InChI=1S/C7H12O4/c1-5(7(8)9-2)11-6-3-10-4-6/h5-6H,3-4H2,1-2H3. The molecule has 0 N–H and O–H groups in total. The van der Waals surface area contributed by atoms with Crippen LogP contribution in [-0.2, 0) is 19.0 Å². The Morgan fingerprint density at radius 1 is 1.64 bits per heavy atom. The fourth-order valence-corrected chi connectivity index (χ4v) is 0.803. The minimum absolute atomic E-state index is 0.0732. The van der Waals surface area contributed by atoms with Crippen LogP contribution in [-0.4, -0.2) is 38.5 Å². The molecule has 0 amide bonds. The van der Waals surface area contributed by atoms with E-state index in [1.807, 2.05) is 0 Å². The minimum Gasteiger partial charge on any atom is -0.467 e. The van der Waals surface area contributed by atoms with Gasteiger partial charge in [-0.05, 0) is 6.92 Å². The maximum Gasteiger partial charge on any atom is 0.334 e. The summed E-state index contributed by atoms with van der Waals surface area (Å²) in [5.41, 5.74) is 0. The molecular weight excluding hydrogens is 148 g/mol. The number of carbonyl (C=O) groups excluding carboxylic acids is 1. The summed E-state index contributed by atoms with van der Waals surface area (Å²) in [7, 11) is 1.35. The predicted molar refractivity (Wildman–Crippen MR) is 37.2 cm³/mol. The highest BCUT2D eigenvalue weighted by atomic mass is 16.6. The van der Waals surface area contributed by atoms with Crippen molar-refractivity contribution >= 4 is 5.97 Å². The lowest BCUT2D eigenvalue weighted by Crippen LogP contribution is -2.40. The molecule has 1 atom stereocenters. The first-order valence-corrected chi connectivity index (χ1v) is 3.55. The Labute approximate surface area is 65.4 Å². The van der Waals surface area contributed by atoms with E-state index in [1.165, 1.54) is 7.11 Å². The average molecular weight is 160 g/mol. The second-order valence-corrected chi connectivity index (χ2v) is 2.46. The number of esters is 1. The van der Waals surface area contributed by atoms with Gasteiger partial charge in [-0.25, -0.2) is 4.79 Å². The SMILES string of the molecule is COC(=O)C(C)OC1COC1. The van der Waals surface area contributed by atoms with Crippen molar-refractivity contribution < 1.29 is 19.0 Å². The predicted octanol–water partition coefficient (Wildman–Crippen LogP) is -0.0367. The fourth-order valence-electron chi connectivity index (χ4n) is 0.803. The second-order valence-electron chi connectivity index (χ2n) is 2.46. The molecule has 0 radical (unpaired) electrons. The molecule has 64 valence electrons. The molecule has 1 saturated heterocycles. The van der Waals surface area contributed by atoms with Gasteiger partial charge in [-0.3, -0.25) is 0 Å². The quantitative estimate of drug-likeness (QED) is 0.543. The average Bonchev–Trinajstić information content (AvgIpc) is 1.94. The zero-order chi connectivity index (χ0) is 8.27. The summed E-state index contributed by atoms with van der Waals surface area (Å²) in [6.45, 7) is 2.84. The van der Waals surface area contributed by atoms with Gasteiger partial charge in [0.2, 0.25) is 0 Å². The van der Waals surface area contributed by atoms with Crippen molar-refractivity contribution in [2.45, 2.75) is 19.1 Å². The summed E-state index contributed by atoms with van der Waals surface area (Å²) in [6, 6.07) is 0. The molecule has 1 unspecified atom stereocenters. The molecule has 0 spiro atoms. The van der Waals surface area contributed by atoms with Crippen molar-refractivity contribution in [2.75, 3.05) is 20.3 Å². The highest BCUT2D eigenvalue weighted by molar-refractivity contribution is 5.73. The van der Waals surface area contributed by atoms with E-state index in [-0.39, 0.29) is 12.1 Å². The molecule has 1 aliphatic rings. The van der Waals surface area contributed by atoms with Gasteiger partial charge >= 0.3 is 5.97 Å². The molecule has 0 aromatic carbocycles.